The van der Waals surface area contributed by atoms with Crippen molar-refractivity contribution in [1.82, 2.24) is 0 Å². The number of halogens is 1. The van der Waals surface area contributed by atoms with Crippen LogP contribution in [0.2, 0.25) is 5.02 Å². The Morgan fingerprint density at radius 3 is 1.97 bits per heavy atom. The lowest BCUT2D eigenvalue weighted by Gasteiger charge is -2.39. The molecule has 2 aliphatic rings. The van der Waals surface area contributed by atoms with Gasteiger partial charge in [0.25, 0.3) is 0 Å². The quantitative estimate of drug-likeness (QED) is 0.214. The number of ether oxygens (including phenoxy) is 1. The molecule has 8 rings (SSSR count). The van der Waals surface area contributed by atoms with Gasteiger partial charge in [-0.05, 0) is 52.6 Å². The van der Waals surface area contributed by atoms with E-state index in [0.29, 0.717) is 0 Å². The molecule has 0 atom stereocenters. The van der Waals surface area contributed by atoms with E-state index in [1.54, 1.807) is 11.3 Å². The number of hydrogen-bond donors (Lipinski definition) is 0. The molecule has 5 aromatic carbocycles. The highest BCUT2D eigenvalue weighted by molar-refractivity contribution is 7.25. The lowest BCUT2D eigenvalue weighted by molar-refractivity contribution is 0.437. The average Bonchev–Trinajstić information content (AvgIpc) is 3.36. The van der Waals surface area contributed by atoms with Gasteiger partial charge in [0, 0.05) is 36.3 Å². The van der Waals surface area contributed by atoms with Crippen LogP contribution < -0.4 is 4.74 Å². The van der Waals surface area contributed by atoms with Gasteiger partial charge in [0.1, 0.15) is 11.5 Å². The van der Waals surface area contributed by atoms with E-state index in [4.69, 9.17) is 16.3 Å². The minimum Gasteiger partial charge on any atom is -0.457 e. The summed E-state index contributed by atoms with van der Waals surface area (Å²) in [6.45, 7) is 0. The smallest absolute Gasteiger partial charge is 0.133 e. The Balaban J connectivity index is 1.58. The minimum absolute atomic E-state index is 0.424. The fourth-order valence-electron chi connectivity index (χ4n) is 6.10. The predicted octanol–water partition coefficient (Wildman–Crippen LogP) is 9.18. The summed E-state index contributed by atoms with van der Waals surface area (Å²) in [4.78, 5) is 0. The van der Waals surface area contributed by atoms with Crippen LogP contribution in [0.3, 0.4) is 0 Å². The molecule has 1 aliphatic carbocycles. The van der Waals surface area contributed by atoms with Crippen molar-refractivity contribution in [2.45, 2.75) is 5.41 Å². The molecule has 160 valence electrons. The van der Waals surface area contributed by atoms with E-state index >= 15 is 0 Å². The minimum atomic E-state index is -0.424. The zero-order valence-electron chi connectivity index (χ0n) is 18.0. The third-order valence-electron chi connectivity index (χ3n) is 7.40. The van der Waals surface area contributed by atoms with Gasteiger partial charge in [-0.2, -0.15) is 0 Å². The fourth-order valence-corrected chi connectivity index (χ4v) is 7.49. The van der Waals surface area contributed by atoms with E-state index in [0.717, 1.165) is 16.5 Å². The first-order valence-corrected chi connectivity index (χ1v) is 12.6. The van der Waals surface area contributed by atoms with E-state index in [1.165, 1.54) is 53.6 Å². The second kappa shape index (κ2) is 6.50. The second-order valence-electron chi connectivity index (χ2n) is 9.03. The Hall–Kier alpha value is -3.59. The summed E-state index contributed by atoms with van der Waals surface area (Å²) in [7, 11) is 0. The average molecular weight is 473 g/mol. The first-order chi connectivity index (χ1) is 16.7. The molecule has 0 bridgehead atoms. The van der Waals surface area contributed by atoms with Gasteiger partial charge >= 0.3 is 0 Å². The van der Waals surface area contributed by atoms with Crippen LogP contribution in [0.25, 0.3) is 31.3 Å². The molecule has 1 nitrogen and oxygen atoms in total. The molecule has 1 aromatic heterocycles. The van der Waals surface area contributed by atoms with Crippen molar-refractivity contribution in [3.05, 3.63) is 130 Å². The maximum Gasteiger partial charge on any atom is 0.133 e. The van der Waals surface area contributed by atoms with E-state index < -0.39 is 5.41 Å². The van der Waals surface area contributed by atoms with Gasteiger partial charge in [-0.25, -0.2) is 0 Å². The van der Waals surface area contributed by atoms with Crippen LogP contribution in [0.1, 0.15) is 22.3 Å². The highest BCUT2D eigenvalue weighted by atomic mass is 35.5. The number of benzene rings is 5. The largest absolute Gasteiger partial charge is 0.457 e. The summed E-state index contributed by atoms with van der Waals surface area (Å²) in [5.74, 6) is 1.85. The molecule has 1 spiro atoms. The normalized spacial score (nSPS) is 14.5. The lowest BCUT2D eigenvalue weighted by atomic mass is 9.66. The van der Waals surface area contributed by atoms with E-state index in [2.05, 4.69) is 97.1 Å². The molecule has 0 amide bonds. The molecule has 0 unspecified atom stereocenters. The predicted molar refractivity (Wildman–Crippen MR) is 142 cm³/mol. The maximum absolute atomic E-state index is 6.60. The number of thiophene rings is 1. The van der Waals surface area contributed by atoms with Gasteiger partial charge in [0.15, 0.2) is 0 Å². The maximum atomic E-state index is 6.60. The van der Waals surface area contributed by atoms with Crippen molar-refractivity contribution in [2.24, 2.45) is 0 Å². The third-order valence-corrected chi connectivity index (χ3v) is 8.75. The van der Waals surface area contributed by atoms with E-state index in [1.807, 2.05) is 6.07 Å². The summed E-state index contributed by atoms with van der Waals surface area (Å²) in [5.41, 5.74) is 7.19. The van der Waals surface area contributed by atoms with Gasteiger partial charge in [0.2, 0.25) is 0 Å². The zero-order chi connectivity index (χ0) is 22.4. The van der Waals surface area contributed by atoms with Crippen LogP contribution in [0, 0.1) is 0 Å². The van der Waals surface area contributed by atoms with Crippen molar-refractivity contribution < 1.29 is 4.74 Å². The summed E-state index contributed by atoms with van der Waals surface area (Å²) < 4.78 is 9.01. The van der Waals surface area contributed by atoms with E-state index in [-0.39, 0.29) is 0 Å². The number of fused-ring (bicyclic) bond motifs is 12. The molecular formula is C31H17ClOS. The number of hydrogen-bond acceptors (Lipinski definition) is 2. The van der Waals surface area contributed by atoms with Gasteiger partial charge in [-0.15, -0.1) is 11.3 Å². The van der Waals surface area contributed by atoms with Crippen LogP contribution in [-0.4, -0.2) is 0 Å². The van der Waals surface area contributed by atoms with E-state index in [9.17, 15) is 0 Å². The summed E-state index contributed by atoms with van der Waals surface area (Å²) in [6, 6.07) is 37.0. The van der Waals surface area contributed by atoms with Crippen molar-refractivity contribution in [3.63, 3.8) is 0 Å². The molecule has 0 saturated heterocycles. The molecule has 3 heteroatoms. The molecule has 0 radical (unpaired) electrons. The highest BCUT2D eigenvalue weighted by Crippen LogP contribution is 2.62. The van der Waals surface area contributed by atoms with Gasteiger partial charge in [0.05, 0.1) is 5.41 Å². The van der Waals surface area contributed by atoms with Crippen molar-refractivity contribution >= 4 is 43.1 Å². The summed E-state index contributed by atoms with van der Waals surface area (Å²) in [6.07, 6.45) is 0. The molecule has 6 aromatic rings. The SMILES string of the molecule is Clc1ccc2c(c1)sc1cc3c(cc12)C1(c2ccccc2O3)c2ccccc2-c2ccccc21. The molecule has 0 fully saturated rings. The van der Waals surface area contributed by atoms with Crippen LogP contribution >= 0.6 is 22.9 Å². The molecule has 0 N–H and O–H groups in total. The first-order valence-electron chi connectivity index (χ1n) is 11.4. The fraction of sp³-hybridized carbons (Fsp3) is 0.0323. The Morgan fingerprint density at radius 1 is 0.559 bits per heavy atom. The van der Waals surface area contributed by atoms with Crippen LogP contribution in [0.5, 0.6) is 11.5 Å². The zero-order valence-corrected chi connectivity index (χ0v) is 19.6. The molecule has 1 aliphatic heterocycles. The molecule has 0 saturated carbocycles. The van der Waals surface area contributed by atoms with Crippen LogP contribution in [-0.2, 0) is 5.41 Å². The van der Waals surface area contributed by atoms with Crippen LogP contribution in [0.4, 0.5) is 0 Å². The number of rotatable bonds is 0. The standard InChI is InChI=1S/C31H17ClOS/c32-18-13-14-21-22-16-26-28(17-30(22)34-29(21)15-18)33-27-12-6-5-11-25(27)31(26)23-9-3-1-7-19(23)20-8-2-4-10-24(20)31/h1-17H. The first kappa shape index (κ1) is 18.8. The Morgan fingerprint density at radius 2 is 1.21 bits per heavy atom. The van der Waals surface area contributed by atoms with Crippen molar-refractivity contribution in [1.29, 1.82) is 0 Å². The lowest BCUT2D eigenvalue weighted by Crippen LogP contribution is -2.32. The topological polar surface area (TPSA) is 9.23 Å². The Kier molecular flexibility index (Phi) is 3.60. The second-order valence-corrected chi connectivity index (χ2v) is 10.5. The Labute approximate surface area is 205 Å². The van der Waals surface area contributed by atoms with Crippen molar-refractivity contribution in [2.75, 3.05) is 0 Å². The monoisotopic (exact) mass is 472 g/mol. The molecule has 2 heterocycles. The van der Waals surface area contributed by atoms with Gasteiger partial charge < -0.3 is 4.74 Å². The molecule has 34 heavy (non-hydrogen) atoms. The highest BCUT2D eigenvalue weighted by Gasteiger charge is 2.51. The van der Waals surface area contributed by atoms with Gasteiger partial charge in [-0.1, -0.05) is 84.4 Å². The van der Waals surface area contributed by atoms with Gasteiger partial charge in [-0.3, -0.25) is 0 Å². The van der Waals surface area contributed by atoms with Crippen molar-refractivity contribution in [3.8, 4) is 22.6 Å². The third kappa shape index (κ3) is 2.20. The number of para-hydroxylation sites is 1. The molecular weight excluding hydrogens is 456 g/mol. The summed E-state index contributed by atoms with van der Waals surface area (Å²) in [5, 5.41) is 3.25. The summed E-state index contributed by atoms with van der Waals surface area (Å²) >= 11 is 8.09. The van der Waals surface area contributed by atoms with Crippen LogP contribution in [0.15, 0.2) is 103 Å². The Bertz CT molecular complexity index is 1770.